The molecular formula is C13H19NO3. The molecule has 4 nitrogen and oxygen atoms in total. The van der Waals surface area contributed by atoms with Gasteiger partial charge in [0, 0.05) is 0 Å². The number of carbonyl (C=O) groups is 1. The van der Waals surface area contributed by atoms with Crippen molar-refractivity contribution in [2.24, 2.45) is 0 Å². The van der Waals surface area contributed by atoms with Crippen molar-refractivity contribution in [3.63, 3.8) is 0 Å². The fourth-order valence-corrected chi connectivity index (χ4v) is 1.51. The van der Waals surface area contributed by atoms with Crippen LogP contribution in [0.15, 0.2) is 22.6 Å². The smallest absolute Gasteiger partial charge is 0.341 e. The summed E-state index contributed by atoms with van der Waals surface area (Å²) in [5.74, 6) is 0.997. The van der Waals surface area contributed by atoms with Gasteiger partial charge in [0.25, 0.3) is 0 Å². The number of allylic oxidation sites excluding steroid dienone is 1. The topological polar surface area (TPSA) is 51.5 Å². The first kappa shape index (κ1) is 13.5. The third-order valence-corrected chi connectivity index (χ3v) is 2.40. The fraction of sp³-hybridized carbons (Fsp3) is 0.462. The molecule has 0 amide bonds. The Bertz CT molecular complexity index is 393. The van der Waals surface area contributed by atoms with Crippen LogP contribution in [0.3, 0.4) is 0 Å². The maximum absolute atomic E-state index is 11.4. The normalized spacial score (nSPS) is 11.0. The molecule has 0 radical (unpaired) electrons. The maximum atomic E-state index is 11.4. The molecule has 0 saturated heterocycles. The molecule has 0 unspecified atom stereocenters. The highest BCUT2D eigenvalue weighted by Gasteiger charge is 2.14. The average Bonchev–Trinajstić information content (AvgIpc) is 2.69. The monoisotopic (exact) mass is 237 g/mol. The predicted octanol–water partition coefficient (Wildman–Crippen LogP) is 2.43. The van der Waals surface area contributed by atoms with Crippen molar-refractivity contribution in [1.29, 1.82) is 0 Å². The van der Waals surface area contributed by atoms with Crippen LogP contribution in [0.2, 0.25) is 0 Å². The highest BCUT2D eigenvalue weighted by Crippen LogP contribution is 2.15. The van der Waals surface area contributed by atoms with Gasteiger partial charge in [-0.3, -0.25) is 0 Å². The van der Waals surface area contributed by atoms with E-state index in [-0.39, 0.29) is 5.97 Å². The Labute approximate surface area is 102 Å². The van der Waals surface area contributed by atoms with Gasteiger partial charge in [-0.05, 0) is 32.9 Å². The highest BCUT2D eigenvalue weighted by molar-refractivity contribution is 5.90. The Morgan fingerprint density at radius 2 is 2.35 bits per heavy atom. The Hall–Kier alpha value is -1.55. The van der Waals surface area contributed by atoms with Gasteiger partial charge in [-0.25, -0.2) is 4.79 Å². The largest absolute Gasteiger partial charge is 0.465 e. The van der Waals surface area contributed by atoms with Crippen LogP contribution in [-0.4, -0.2) is 19.6 Å². The first-order valence-corrected chi connectivity index (χ1v) is 5.68. The number of aryl methyl sites for hydroxylation is 1. The number of ether oxygens (including phenoxy) is 1. The molecular weight excluding hydrogens is 218 g/mol. The van der Waals surface area contributed by atoms with Crippen LogP contribution in [0.1, 0.15) is 35.2 Å². The van der Waals surface area contributed by atoms with Crippen LogP contribution in [-0.2, 0) is 11.3 Å². The summed E-state index contributed by atoms with van der Waals surface area (Å²) in [6.45, 7) is 5.27. The molecule has 1 aromatic rings. The molecule has 0 aliphatic carbocycles. The van der Waals surface area contributed by atoms with E-state index in [0.29, 0.717) is 17.9 Å². The molecule has 1 heterocycles. The number of hydrogen-bond acceptors (Lipinski definition) is 4. The first-order valence-electron chi connectivity index (χ1n) is 5.68. The number of methoxy groups -OCH3 is 1. The molecule has 94 valence electrons. The maximum Gasteiger partial charge on any atom is 0.341 e. The van der Waals surface area contributed by atoms with Gasteiger partial charge in [0.1, 0.15) is 17.1 Å². The van der Waals surface area contributed by atoms with E-state index in [1.54, 1.807) is 13.0 Å². The molecule has 0 bridgehead atoms. The highest BCUT2D eigenvalue weighted by atomic mass is 16.5. The molecule has 0 aromatic carbocycles. The van der Waals surface area contributed by atoms with Crippen molar-refractivity contribution in [1.82, 2.24) is 5.32 Å². The van der Waals surface area contributed by atoms with E-state index in [1.165, 1.54) is 7.11 Å². The van der Waals surface area contributed by atoms with Crippen molar-refractivity contribution in [3.8, 4) is 0 Å². The van der Waals surface area contributed by atoms with Gasteiger partial charge in [-0.1, -0.05) is 12.2 Å². The van der Waals surface area contributed by atoms with E-state index in [1.807, 2.05) is 13.0 Å². The van der Waals surface area contributed by atoms with Crippen molar-refractivity contribution >= 4 is 5.97 Å². The van der Waals surface area contributed by atoms with Crippen molar-refractivity contribution in [2.75, 3.05) is 13.7 Å². The van der Waals surface area contributed by atoms with Gasteiger partial charge in [0.2, 0.25) is 0 Å². The van der Waals surface area contributed by atoms with Gasteiger partial charge in [-0.15, -0.1) is 0 Å². The number of carbonyl (C=O) groups excluding carboxylic acids is 1. The molecule has 0 saturated carbocycles. The summed E-state index contributed by atoms with van der Waals surface area (Å²) in [6.07, 6.45) is 5.11. The third-order valence-electron chi connectivity index (χ3n) is 2.40. The molecule has 0 atom stereocenters. The zero-order valence-corrected chi connectivity index (χ0v) is 10.6. The van der Waals surface area contributed by atoms with Crippen molar-refractivity contribution in [2.45, 2.75) is 26.8 Å². The van der Waals surface area contributed by atoms with E-state index in [2.05, 4.69) is 16.1 Å². The van der Waals surface area contributed by atoms with Crippen molar-refractivity contribution in [3.05, 3.63) is 35.3 Å². The summed E-state index contributed by atoms with van der Waals surface area (Å²) in [5, 5.41) is 3.24. The van der Waals surface area contributed by atoms with Gasteiger partial charge >= 0.3 is 5.97 Å². The second-order valence-electron chi connectivity index (χ2n) is 3.71. The molecule has 17 heavy (non-hydrogen) atoms. The molecule has 0 fully saturated rings. The van der Waals surface area contributed by atoms with E-state index >= 15 is 0 Å². The lowest BCUT2D eigenvalue weighted by molar-refractivity contribution is 0.0599. The lowest BCUT2D eigenvalue weighted by Gasteiger charge is -1.98. The molecule has 0 aliphatic rings. The quantitative estimate of drug-likeness (QED) is 0.469. The van der Waals surface area contributed by atoms with Crippen LogP contribution < -0.4 is 5.32 Å². The van der Waals surface area contributed by atoms with E-state index < -0.39 is 0 Å². The summed E-state index contributed by atoms with van der Waals surface area (Å²) < 4.78 is 10.1. The van der Waals surface area contributed by atoms with E-state index in [4.69, 9.17) is 4.42 Å². The Morgan fingerprint density at radius 1 is 1.59 bits per heavy atom. The second kappa shape index (κ2) is 6.91. The first-order chi connectivity index (χ1) is 8.19. The lowest BCUT2D eigenvalue weighted by atomic mass is 10.2. The lowest BCUT2D eigenvalue weighted by Crippen LogP contribution is -2.13. The van der Waals surface area contributed by atoms with Crippen LogP contribution in [0, 0.1) is 6.92 Å². The number of hydrogen-bond donors (Lipinski definition) is 1. The second-order valence-corrected chi connectivity index (χ2v) is 3.71. The number of nitrogens with one attached hydrogen (secondary N) is 1. The summed E-state index contributed by atoms with van der Waals surface area (Å²) in [7, 11) is 1.36. The molecule has 0 spiro atoms. The van der Waals surface area contributed by atoms with E-state index in [9.17, 15) is 4.79 Å². The predicted molar refractivity (Wildman–Crippen MR) is 65.9 cm³/mol. The van der Waals surface area contributed by atoms with Crippen LogP contribution in [0.4, 0.5) is 0 Å². The minimum atomic E-state index is -0.355. The Kier molecular flexibility index (Phi) is 5.49. The molecule has 4 heteroatoms. The SMILES string of the molecule is C/C=C/CCNCc1cc(C(=O)OC)c(C)o1. The van der Waals surface area contributed by atoms with Gasteiger partial charge in [0.15, 0.2) is 0 Å². The summed E-state index contributed by atoms with van der Waals surface area (Å²) in [4.78, 5) is 11.4. The minimum Gasteiger partial charge on any atom is -0.465 e. The Morgan fingerprint density at radius 3 is 3.00 bits per heavy atom. The molecule has 0 aliphatic heterocycles. The molecule has 1 aromatic heterocycles. The molecule has 1 rings (SSSR count). The zero-order chi connectivity index (χ0) is 12.7. The third kappa shape index (κ3) is 4.07. The van der Waals surface area contributed by atoms with Crippen LogP contribution in [0.5, 0.6) is 0 Å². The average molecular weight is 237 g/mol. The van der Waals surface area contributed by atoms with Crippen LogP contribution >= 0.6 is 0 Å². The van der Waals surface area contributed by atoms with Gasteiger partial charge in [0.05, 0.1) is 13.7 Å². The minimum absolute atomic E-state index is 0.355. The Balaban J connectivity index is 2.47. The zero-order valence-electron chi connectivity index (χ0n) is 10.6. The summed E-state index contributed by atoms with van der Waals surface area (Å²) in [6, 6.07) is 1.73. The fourth-order valence-electron chi connectivity index (χ4n) is 1.51. The number of furan rings is 1. The number of esters is 1. The summed E-state index contributed by atoms with van der Waals surface area (Å²) in [5.41, 5.74) is 0.498. The van der Waals surface area contributed by atoms with Crippen molar-refractivity contribution < 1.29 is 13.9 Å². The summed E-state index contributed by atoms with van der Waals surface area (Å²) >= 11 is 0. The van der Waals surface area contributed by atoms with Crippen LogP contribution in [0.25, 0.3) is 0 Å². The number of rotatable bonds is 6. The molecule has 1 N–H and O–H groups in total. The van der Waals surface area contributed by atoms with Gasteiger partial charge < -0.3 is 14.5 Å². The standard InChI is InChI=1S/C13H19NO3/c1-4-5-6-7-14-9-11-8-12(10(2)17-11)13(15)16-3/h4-5,8,14H,6-7,9H2,1-3H3/b5-4+. The van der Waals surface area contributed by atoms with Gasteiger partial charge in [-0.2, -0.15) is 0 Å². The van der Waals surface area contributed by atoms with E-state index in [0.717, 1.165) is 18.7 Å².